The van der Waals surface area contributed by atoms with Crippen LogP contribution in [0.4, 0.5) is 0 Å². The highest BCUT2D eigenvalue weighted by atomic mass is 79.9. The molecule has 5 heteroatoms. The van der Waals surface area contributed by atoms with Crippen molar-refractivity contribution in [3.8, 4) is 5.69 Å². The SMILES string of the molecule is Cc1cc(Br)ccc1-n1cnc2c(C(=O)O)cccc21. The maximum atomic E-state index is 11.2. The van der Waals surface area contributed by atoms with Crippen molar-refractivity contribution >= 4 is 32.9 Å². The van der Waals surface area contributed by atoms with E-state index in [0.717, 1.165) is 21.2 Å². The fraction of sp³-hybridized carbons (Fsp3) is 0.0667. The first-order chi connectivity index (χ1) is 9.58. The third-order valence-electron chi connectivity index (χ3n) is 3.23. The summed E-state index contributed by atoms with van der Waals surface area (Å²) in [4.78, 5) is 15.5. The van der Waals surface area contributed by atoms with E-state index in [0.29, 0.717) is 5.52 Å². The van der Waals surface area contributed by atoms with Crippen molar-refractivity contribution in [3.63, 3.8) is 0 Å². The van der Waals surface area contributed by atoms with Crippen LogP contribution in [0.2, 0.25) is 0 Å². The van der Waals surface area contributed by atoms with Gasteiger partial charge in [0.05, 0.1) is 16.8 Å². The Morgan fingerprint density at radius 1 is 1.30 bits per heavy atom. The summed E-state index contributed by atoms with van der Waals surface area (Å²) in [5.74, 6) is -0.964. The van der Waals surface area contributed by atoms with E-state index >= 15 is 0 Å². The molecule has 0 radical (unpaired) electrons. The fourth-order valence-electron chi connectivity index (χ4n) is 2.29. The maximum absolute atomic E-state index is 11.2. The number of hydrogen-bond acceptors (Lipinski definition) is 2. The summed E-state index contributed by atoms with van der Waals surface area (Å²) >= 11 is 3.44. The van der Waals surface area contributed by atoms with Crippen LogP contribution in [0.3, 0.4) is 0 Å². The van der Waals surface area contributed by atoms with Crippen LogP contribution in [0.15, 0.2) is 47.2 Å². The molecule has 0 unspecified atom stereocenters. The molecule has 0 aliphatic heterocycles. The lowest BCUT2D eigenvalue weighted by Crippen LogP contribution is -1.98. The number of fused-ring (bicyclic) bond motifs is 1. The normalized spacial score (nSPS) is 10.9. The van der Waals surface area contributed by atoms with Gasteiger partial charge in [0.25, 0.3) is 0 Å². The summed E-state index contributed by atoms with van der Waals surface area (Å²) in [5.41, 5.74) is 3.58. The van der Waals surface area contributed by atoms with Gasteiger partial charge in [-0.2, -0.15) is 0 Å². The number of carboxylic acids is 1. The Hall–Kier alpha value is -2.14. The molecular weight excluding hydrogens is 320 g/mol. The number of imidazole rings is 1. The van der Waals surface area contributed by atoms with E-state index in [-0.39, 0.29) is 5.56 Å². The van der Waals surface area contributed by atoms with Crippen molar-refractivity contribution in [1.29, 1.82) is 0 Å². The number of carboxylic acid groups (broad SMARTS) is 1. The molecule has 4 nitrogen and oxygen atoms in total. The topological polar surface area (TPSA) is 55.1 Å². The first kappa shape index (κ1) is 12.9. The average molecular weight is 331 g/mol. The molecule has 0 fully saturated rings. The molecule has 0 aliphatic rings. The molecule has 0 spiro atoms. The minimum Gasteiger partial charge on any atom is -0.478 e. The lowest BCUT2D eigenvalue weighted by Gasteiger charge is -2.08. The highest BCUT2D eigenvalue weighted by Gasteiger charge is 2.13. The smallest absolute Gasteiger partial charge is 0.337 e. The molecule has 3 aromatic rings. The summed E-state index contributed by atoms with van der Waals surface area (Å²) in [6.07, 6.45) is 1.66. The van der Waals surface area contributed by atoms with E-state index < -0.39 is 5.97 Å². The van der Waals surface area contributed by atoms with Gasteiger partial charge in [-0.3, -0.25) is 4.57 Å². The second kappa shape index (κ2) is 4.76. The molecule has 3 rings (SSSR count). The maximum Gasteiger partial charge on any atom is 0.337 e. The number of aromatic nitrogens is 2. The summed E-state index contributed by atoms with van der Waals surface area (Å²) < 4.78 is 2.91. The van der Waals surface area contributed by atoms with E-state index in [9.17, 15) is 9.90 Å². The number of benzene rings is 2. The quantitative estimate of drug-likeness (QED) is 0.777. The Morgan fingerprint density at radius 3 is 2.80 bits per heavy atom. The zero-order valence-corrected chi connectivity index (χ0v) is 12.3. The van der Waals surface area contributed by atoms with Crippen molar-refractivity contribution < 1.29 is 9.90 Å². The molecule has 0 saturated heterocycles. The molecule has 2 aromatic carbocycles. The van der Waals surface area contributed by atoms with Crippen LogP contribution >= 0.6 is 15.9 Å². The predicted molar refractivity (Wildman–Crippen MR) is 80.5 cm³/mol. The van der Waals surface area contributed by atoms with Gasteiger partial charge in [0.15, 0.2) is 0 Å². The largest absolute Gasteiger partial charge is 0.478 e. The average Bonchev–Trinajstić information content (AvgIpc) is 2.82. The minimum absolute atomic E-state index is 0.219. The second-order valence-corrected chi connectivity index (χ2v) is 5.44. The van der Waals surface area contributed by atoms with Gasteiger partial charge < -0.3 is 5.11 Å². The van der Waals surface area contributed by atoms with Crippen LogP contribution in [0.25, 0.3) is 16.7 Å². The number of aryl methyl sites for hydroxylation is 1. The van der Waals surface area contributed by atoms with Crippen LogP contribution in [0.5, 0.6) is 0 Å². The van der Waals surface area contributed by atoms with E-state index in [2.05, 4.69) is 20.9 Å². The van der Waals surface area contributed by atoms with Crippen molar-refractivity contribution in [1.82, 2.24) is 9.55 Å². The zero-order valence-electron chi connectivity index (χ0n) is 10.7. The number of rotatable bonds is 2. The molecule has 1 aromatic heterocycles. The molecule has 0 atom stereocenters. The Morgan fingerprint density at radius 2 is 2.10 bits per heavy atom. The Bertz CT molecular complexity index is 824. The van der Waals surface area contributed by atoms with Crippen LogP contribution in [0, 0.1) is 6.92 Å². The van der Waals surface area contributed by atoms with Crippen LogP contribution in [-0.4, -0.2) is 20.6 Å². The van der Waals surface area contributed by atoms with Gasteiger partial charge in [-0.25, -0.2) is 9.78 Å². The molecule has 0 amide bonds. The monoisotopic (exact) mass is 330 g/mol. The molecule has 0 aliphatic carbocycles. The van der Waals surface area contributed by atoms with Crippen molar-refractivity contribution in [2.75, 3.05) is 0 Å². The molecule has 1 N–H and O–H groups in total. The summed E-state index contributed by atoms with van der Waals surface area (Å²) in [5, 5.41) is 9.20. The van der Waals surface area contributed by atoms with E-state index in [4.69, 9.17) is 0 Å². The number of aromatic carboxylic acids is 1. The van der Waals surface area contributed by atoms with E-state index in [1.165, 1.54) is 0 Å². The van der Waals surface area contributed by atoms with Crippen molar-refractivity contribution in [2.24, 2.45) is 0 Å². The van der Waals surface area contributed by atoms with Crippen LogP contribution in [0.1, 0.15) is 15.9 Å². The Labute approximate surface area is 123 Å². The predicted octanol–water partition coefficient (Wildman–Crippen LogP) is 3.79. The molecule has 0 saturated carbocycles. The first-order valence-electron chi connectivity index (χ1n) is 6.04. The van der Waals surface area contributed by atoms with Gasteiger partial charge in [-0.15, -0.1) is 0 Å². The number of para-hydroxylation sites is 1. The van der Waals surface area contributed by atoms with Crippen LogP contribution < -0.4 is 0 Å². The summed E-state index contributed by atoms with van der Waals surface area (Å²) in [7, 11) is 0. The standard InChI is InChI=1S/C15H11BrN2O2/c1-9-7-10(16)5-6-12(9)18-8-17-14-11(15(19)20)3-2-4-13(14)18/h2-8H,1H3,(H,19,20). The zero-order chi connectivity index (χ0) is 14.3. The van der Waals surface area contributed by atoms with Gasteiger partial charge in [0.1, 0.15) is 11.8 Å². The lowest BCUT2D eigenvalue weighted by atomic mass is 10.1. The van der Waals surface area contributed by atoms with Crippen LogP contribution in [-0.2, 0) is 0 Å². The van der Waals surface area contributed by atoms with Crippen molar-refractivity contribution in [3.05, 3.63) is 58.3 Å². The number of halogens is 1. The number of hydrogen-bond donors (Lipinski definition) is 1. The highest BCUT2D eigenvalue weighted by molar-refractivity contribution is 9.10. The molecule has 0 bridgehead atoms. The van der Waals surface area contributed by atoms with Gasteiger partial charge in [-0.1, -0.05) is 22.0 Å². The van der Waals surface area contributed by atoms with Crippen molar-refractivity contribution in [2.45, 2.75) is 6.92 Å². The highest BCUT2D eigenvalue weighted by Crippen LogP contribution is 2.25. The number of nitrogens with zero attached hydrogens (tertiary/aromatic N) is 2. The molecular formula is C15H11BrN2O2. The van der Waals surface area contributed by atoms with Gasteiger partial charge >= 0.3 is 5.97 Å². The molecule has 20 heavy (non-hydrogen) atoms. The third kappa shape index (κ3) is 2.00. The third-order valence-corrected chi connectivity index (χ3v) is 3.72. The van der Waals surface area contributed by atoms with E-state index in [1.54, 1.807) is 18.5 Å². The van der Waals surface area contributed by atoms with Gasteiger partial charge in [-0.05, 0) is 42.8 Å². The van der Waals surface area contributed by atoms with Gasteiger partial charge in [0.2, 0.25) is 0 Å². The lowest BCUT2D eigenvalue weighted by molar-refractivity contribution is 0.0699. The summed E-state index contributed by atoms with van der Waals surface area (Å²) in [6.45, 7) is 2.01. The summed E-state index contributed by atoms with van der Waals surface area (Å²) in [6, 6.07) is 11.1. The minimum atomic E-state index is -0.964. The number of carbonyl (C=O) groups is 1. The van der Waals surface area contributed by atoms with Gasteiger partial charge in [0, 0.05) is 4.47 Å². The Balaban J connectivity index is 2.28. The first-order valence-corrected chi connectivity index (χ1v) is 6.83. The molecule has 100 valence electrons. The van der Waals surface area contributed by atoms with E-state index in [1.807, 2.05) is 35.8 Å². The molecule has 1 heterocycles. The fourth-order valence-corrected chi connectivity index (χ4v) is 2.77. The second-order valence-electron chi connectivity index (χ2n) is 4.52. The Kier molecular flexibility index (Phi) is 3.06.